The van der Waals surface area contributed by atoms with E-state index in [-0.39, 0.29) is 17.2 Å². The normalized spacial score (nSPS) is 18.3. The van der Waals surface area contributed by atoms with E-state index in [1.165, 1.54) is 0 Å². The van der Waals surface area contributed by atoms with E-state index in [9.17, 15) is 4.39 Å². The van der Waals surface area contributed by atoms with Gasteiger partial charge in [0.1, 0.15) is 0 Å². The number of aromatic nitrogens is 2. The number of hydrogen-bond acceptors (Lipinski definition) is 5. The summed E-state index contributed by atoms with van der Waals surface area (Å²) in [5.74, 6) is -0.652. The Morgan fingerprint density at radius 3 is 2.87 bits per heavy atom. The lowest BCUT2D eigenvalue weighted by atomic mass is 9.90. The Kier molecular flexibility index (Phi) is 2.44. The van der Waals surface area contributed by atoms with Crippen LogP contribution in [0.5, 0.6) is 5.88 Å². The van der Waals surface area contributed by atoms with Crippen LogP contribution in [-0.2, 0) is 4.74 Å². The maximum absolute atomic E-state index is 12.8. The summed E-state index contributed by atoms with van der Waals surface area (Å²) in [4.78, 5) is 7.07. The molecule has 0 aromatic carbocycles. The average molecular weight is 213 g/mol. The molecule has 0 bridgehead atoms. The molecule has 6 heteroatoms. The molecule has 2 heterocycles. The molecule has 1 aliphatic heterocycles. The minimum Gasteiger partial charge on any atom is -0.477 e. The molecule has 0 unspecified atom stereocenters. The van der Waals surface area contributed by atoms with E-state index in [0.29, 0.717) is 19.8 Å². The number of nitrogens with two attached hydrogens (primary N) is 1. The summed E-state index contributed by atoms with van der Waals surface area (Å²) in [6.45, 7) is 3.76. The predicted molar refractivity (Wildman–Crippen MR) is 50.8 cm³/mol. The number of rotatable bonds is 3. The highest BCUT2D eigenvalue weighted by atomic mass is 19.1. The van der Waals surface area contributed by atoms with E-state index in [0.717, 1.165) is 6.07 Å². The molecule has 2 rings (SSSR count). The van der Waals surface area contributed by atoms with Gasteiger partial charge in [0.05, 0.1) is 25.9 Å². The zero-order valence-electron chi connectivity index (χ0n) is 8.36. The van der Waals surface area contributed by atoms with Crippen LogP contribution >= 0.6 is 0 Å². The standard InChI is InChI=1S/C9H12FN3O2/c1-9(3-14-4-9)5-15-7-2-6(10)12-8(11)13-7/h2H,3-5H2,1H3,(H2,11,12,13). The number of halogens is 1. The van der Waals surface area contributed by atoms with Crippen molar-refractivity contribution in [3.05, 3.63) is 12.0 Å². The zero-order valence-corrected chi connectivity index (χ0v) is 8.36. The second kappa shape index (κ2) is 3.62. The molecule has 1 aliphatic rings. The Bertz CT molecular complexity index is 348. The highest BCUT2D eigenvalue weighted by Gasteiger charge is 2.34. The summed E-state index contributed by atoms with van der Waals surface area (Å²) >= 11 is 0. The molecule has 0 spiro atoms. The smallest absolute Gasteiger partial charge is 0.226 e. The summed E-state index contributed by atoms with van der Waals surface area (Å²) in [6, 6.07) is 1.11. The fourth-order valence-electron chi connectivity index (χ4n) is 1.27. The zero-order chi connectivity index (χ0) is 10.9. The van der Waals surface area contributed by atoms with Gasteiger partial charge in [-0.3, -0.25) is 0 Å². The lowest BCUT2D eigenvalue weighted by molar-refractivity contribution is -0.120. The molecule has 1 fully saturated rings. The summed E-state index contributed by atoms with van der Waals surface area (Å²) in [7, 11) is 0. The van der Waals surface area contributed by atoms with E-state index >= 15 is 0 Å². The lowest BCUT2D eigenvalue weighted by Gasteiger charge is -2.37. The van der Waals surface area contributed by atoms with Crippen LogP contribution in [0.25, 0.3) is 0 Å². The Morgan fingerprint density at radius 2 is 2.33 bits per heavy atom. The molecular formula is C9H12FN3O2. The van der Waals surface area contributed by atoms with Crippen LogP contribution in [0.15, 0.2) is 6.07 Å². The minimum atomic E-state index is -0.687. The second-order valence-electron chi connectivity index (χ2n) is 3.98. The molecule has 0 amide bonds. The topological polar surface area (TPSA) is 70.3 Å². The molecule has 1 saturated heterocycles. The minimum absolute atomic E-state index is 0.00378. The number of ether oxygens (including phenoxy) is 2. The Hall–Kier alpha value is -1.43. The van der Waals surface area contributed by atoms with Gasteiger partial charge in [0, 0.05) is 5.41 Å². The molecule has 2 N–H and O–H groups in total. The maximum Gasteiger partial charge on any atom is 0.226 e. The van der Waals surface area contributed by atoms with Crippen LogP contribution in [0, 0.1) is 11.4 Å². The molecular weight excluding hydrogens is 201 g/mol. The number of anilines is 1. The van der Waals surface area contributed by atoms with E-state index < -0.39 is 5.95 Å². The second-order valence-corrected chi connectivity index (χ2v) is 3.98. The monoisotopic (exact) mass is 213 g/mol. The van der Waals surface area contributed by atoms with Crippen LogP contribution in [0.3, 0.4) is 0 Å². The first-order chi connectivity index (χ1) is 7.07. The Morgan fingerprint density at radius 1 is 1.60 bits per heavy atom. The molecule has 82 valence electrons. The number of hydrogen-bond donors (Lipinski definition) is 1. The SMILES string of the molecule is CC1(COc2cc(F)nc(N)n2)COC1. The van der Waals surface area contributed by atoms with Crippen molar-refractivity contribution < 1.29 is 13.9 Å². The molecule has 15 heavy (non-hydrogen) atoms. The fourth-order valence-corrected chi connectivity index (χ4v) is 1.27. The van der Waals surface area contributed by atoms with Gasteiger partial charge < -0.3 is 15.2 Å². The van der Waals surface area contributed by atoms with Gasteiger partial charge >= 0.3 is 0 Å². The van der Waals surface area contributed by atoms with Gasteiger partial charge in [-0.2, -0.15) is 14.4 Å². The Labute approximate surface area is 86.4 Å². The van der Waals surface area contributed by atoms with Crippen molar-refractivity contribution in [2.75, 3.05) is 25.6 Å². The third-order valence-corrected chi connectivity index (χ3v) is 2.16. The van der Waals surface area contributed by atoms with E-state index in [1.807, 2.05) is 6.92 Å². The van der Waals surface area contributed by atoms with Crippen molar-refractivity contribution in [3.63, 3.8) is 0 Å². The first-order valence-electron chi connectivity index (χ1n) is 4.58. The molecule has 0 saturated carbocycles. The van der Waals surface area contributed by atoms with Crippen LogP contribution in [0.4, 0.5) is 10.3 Å². The third-order valence-electron chi connectivity index (χ3n) is 2.16. The van der Waals surface area contributed by atoms with Crippen LogP contribution in [0.2, 0.25) is 0 Å². The quantitative estimate of drug-likeness (QED) is 0.745. The van der Waals surface area contributed by atoms with E-state index in [4.69, 9.17) is 15.2 Å². The van der Waals surface area contributed by atoms with Crippen molar-refractivity contribution in [2.24, 2.45) is 5.41 Å². The maximum atomic E-state index is 12.8. The fraction of sp³-hybridized carbons (Fsp3) is 0.556. The van der Waals surface area contributed by atoms with Crippen LogP contribution in [-0.4, -0.2) is 29.8 Å². The van der Waals surface area contributed by atoms with Crippen molar-refractivity contribution in [3.8, 4) is 5.88 Å². The average Bonchev–Trinajstić information content (AvgIpc) is 2.10. The van der Waals surface area contributed by atoms with Crippen molar-refractivity contribution in [1.29, 1.82) is 0 Å². The molecule has 1 aromatic heterocycles. The first-order valence-corrected chi connectivity index (χ1v) is 4.58. The van der Waals surface area contributed by atoms with Gasteiger partial charge in [0.15, 0.2) is 0 Å². The molecule has 1 aromatic rings. The summed E-state index contributed by atoms with van der Waals surface area (Å²) in [6.07, 6.45) is 0. The lowest BCUT2D eigenvalue weighted by Crippen LogP contribution is -2.44. The van der Waals surface area contributed by atoms with Gasteiger partial charge in [0.2, 0.25) is 17.8 Å². The predicted octanol–water partition coefficient (Wildman–Crippen LogP) is 0.613. The van der Waals surface area contributed by atoms with Crippen molar-refractivity contribution in [2.45, 2.75) is 6.92 Å². The van der Waals surface area contributed by atoms with Gasteiger partial charge in [0.25, 0.3) is 0 Å². The molecule has 0 atom stereocenters. The summed E-state index contributed by atoms with van der Waals surface area (Å²) < 4.78 is 23.2. The van der Waals surface area contributed by atoms with Gasteiger partial charge in [-0.15, -0.1) is 0 Å². The van der Waals surface area contributed by atoms with E-state index in [1.54, 1.807) is 0 Å². The van der Waals surface area contributed by atoms with Crippen LogP contribution in [0.1, 0.15) is 6.92 Å². The van der Waals surface area contributed by atoms with Crippen LogP contribution < -0.4 is 10.5 Å². The van der Waals surface area contributed by atoms with Gasteiger partial charge in [-0.05, 0) is 0 Å². The van der Waals surface area contributed by atoms with Crippen molar-refractivity contribution >= 4 is 5.95 Å². The van der Waals surface area contributed by atoms with Gasteiger partial charge in [-0.25, -0.2) is 0 Å². The van der Waals surface area contributed by atoms with Crippen molar-refractivity contribution in [1.82, 2.24) is 9.97 Å². The highest BCUT2D eigenvalue weighted by molar-refractivity contribution is 5.21. The highest BCUT2D eigenvalue weighted by Crippen LogP contribution is 2.27. The first kappa shape index (κ1) is 10.1. The summed E-state index contributed by atoms with van der Waals surface area (Å²) in [5.41, 5.74) is 5.27. The number of nitrogen functional groups attached to an aromatic ring is 1. The largest absolute Gasteiger partial charge is 0.477 e. The van der Waals surface area contributed by atoms with Gasteiger partial charge in [-0.1, -0.05) is 6.92 Å². The molecule has 0 radical (unpaired) electrons. The molecule has 5 nitrogen and oxygen atoms in total. The molecule has 0 aliphatic carbocycles. The third kappa shape index (κ3) is 2.33. The Balaban J connectivity index is 1.98. The van der Waals surface area contributed by atoms with E-state index in [2.05, 4.69) is 9.97 Å². The summed E-state index contributed by atoms with van der Waals surface area (Å²) in [5, 5.41) is 0. The number of nitrogens with zero attached hydrogens (tertiary/aromatic N) is 2.